The van der Waals surface area contributed by atoms with Gasteiger partial charge in [0, 0.05) is 13.1 Å². The third-order valence-electron chi connectivity index (χ3n) is 1.58. The Morgan fingerprint density at radius 2 is 1.28 bits per heavy atom. The van der Waals surface area contributed by atoms with Gasteiger partial charge in [0.05, 0.1) is 0 Å². The van der Waals surface area contributed by atoms with E-state index in [1.54, 1.807) is 41.5 Å². The number of carbonyl (C=O) groups excluding carboxylic acids is 2. The number of amides is 2. The van der Waals surface area contributed by atoms with Crippen molar-refractivity contribution in [3.05, 3.63) is 0 Å². The Kier molecular flexibility index (Phi) is 5.60. The van der Waals surface area contributed by atoms with Crippen LogP contribution in [0.2, 0.25) is 0 Å². The molecule has 2 amide bonds. The predicted molar refractivity (Wildman–Crippen MR) is 68.2 cm³/mol. The fraction of sp³-hybridized carbons (Fsp3) is 0.833. The van der Waals surface area contributed by atoms with Crippen LogP contribution in [-0.4, -0.2) is 41.4 Å². The molecule has 6 heteroatoms. The average Bonchev–Trinajstić information content (AvgIpc) is 2.07. The van der Waals surface area contributed by atoms with Gasteiger partial charge < -0.3 is 15.2 Å². The molecule has 0 atom stereocenters. The van der Waals surface area contributed by atoms with Crippen molar-refractivity contribution in [2.24, 2.45) is 5.73 Å². The van der Waals surface area contributed by atoms with Crippen LogP contribution in [0, 0.1) is 0 Å². The monoisotopic (exact) mass is 260 g/mol. The zero-order valence-corrected chi connectivity index (χ0v) is 12.1. The Hall–Kier alpha value is -1.30. The molecule has 0 saturated carbocycles. The lowest BCUT2D eigenvalue weighted by molar-refractivity contribution is 0.00207. The molecule has 6 nitrogen and oxygen atoms in total. The second-order valence-electron chi connectivity index (χ2n) is 5.90. The Morgan fingerprint density at radius 1 is 0.944 bits per heavy atom. The van der Waals surface area contributed by atoms with Crippen molar-refractivity contribution in [1.82, 2.24) is 4.90 Å². The molecule has 2 N–H and O–H groups in total. The van der Waals surface area contributed by atoms with E-state index in [1.807, 2.05) is 0 Å². The highest BCUT2D eigenvalue weighted by molar-refractivity contribution is 5.88. The maximum Gasteiger partial charge on any atom is 0.419 e. The van der Waals surface area contributed by atoms with Crippen molar-refractivity contribution < 1.29 is 19.1 Å². The number of hydrogen-bond donors (Lipinski definition) is 1. The van der Waals surface area contributed by atoms with Crippen LogP contribution < -0.4 is 5.73 Å². The molecule has 0 aliphatic rings. The van der Waals surface area contributed by atoms with Gasteiger partial charge in [-0.15, -0.1) is 0 Å². The Labute approximate surface area is 108 Å². The first-order chi connectivity index (χ1) is 7.96. The molecule has 0 spiro atoms. The zero-order valence-electron chi connectivity index (χ0n) is 12.1. The number of nitrogens with two attached hydrogens (primary N) is 1. The predicted octanol–water partition coefficient (Wildman–Crippen LogP) is 2.12. The number of rotatable bonds is 2. The molecule has 0 unspecified atom stereocenters. The van der Waals surface area contributed by atoms with E-state index < -0.39 is 23.4 Å². The molecule has 0 aromatic heterocycles. The minimum Gasteiger partial charge on any atom is -0.443 e. The maximum atomic E-state index is 11.8. The summed E-state index contributed by atoms with van der Waals surface area (Å²) in [6.07, 6.45) is -1.50. The van der Waals surface area contributed by atoms with Gasteiger partial charge in [-0.2, -0.15) is 0 Å². The second-order valence-corrected chi connectivity index (χ2v) is 5.90. The smallest absolute Gasteiger partial charge is 0.419 e. The van der Waals surface area contributed by atoms with Crippen LogP contribution in [0.4, 0.5) is 9.59 Å². The molecule has 0 rings (SSSR count). The number of hydrogen-bond acceptors (Lipinski definition) is 5. The SMILES string of the molecule is CC(C)(C)OC(=O)N(CCN)C(=O)OC(C)(C)C. The van der Waals surface area contributed by atoms with Crippen molar-refractivity contribution in [3.63, 3.8) is 0 Å². The minimum absolute atomic E-state index is 0.0594. The van der Waals surface area contributed by atoms with E-state index in [0.717, 1.165) is 4.90 Å². The molecule has 0 aromatic rings. The summed E-state index contributed by atoms with van der Waals surface area (Å²) in [5.74, 6) is 0. The van der Waals surface area contributed by atoms with E-state index in [0.29, 0.717) is 0 Å². The summed E-state index contributed by atoms with van der Waals surface area (Å²) < 4.78 is 10.2. The quantitative estimate of drug-likeness (QED) is 0.822. The highest BCUT2D eigenvalue weighted by Gasteiger charge is 2.30. The van der Waals surface area contributed by atoms with Gasteiger partial charge in [-0.3, -0.25) is 0 Å². The van der Waals surface area contributed by atoms with Gasteiger partial charge in [0.25, 0.3) is 0 Å². The molecule has 0 aliphatic heterocycles. The number of ether oxygens (including phenoxy) is 2. The van der Waals surface area contributed by atoms with Crippen LogP contribution in [0.3, 0.4) is 0 Å². The van der Waals surface area contributed by atoms with Gasteiger partial charge >= 0.3 is 12.2 Å². The van der Waals surface area contributed by atoms with Gasteiger partial charge in [-0.25, -0.2) is 14.5 Å². The van der Waals surface area contributed by atoms with Gasteiger partial charge in [0.15, 0.2) is 0 Å². The third-order valence-corrected chi connectivity index (χ3v) is 1.58. The first-order valence-corrected chi connectivity index (χ1v) is 5.90. The first-order valence-electron chi connectivity index (χ1n) is 5.90. The molecular weight excluding hydrogens is 236 g/mol. The molecule has 0 aliphatic carbocycles. The van der Waals surface area contributed by atoms with Gasteiger partial charge in [0.1, 0.15) is 11.2 Å². The van der Waals surface area contributed by atoms with Crippen molar-refractivity contribution in [1.29, 1.82) is 0 Å². The molecule has 0 radical (unpaired) electrons. The van der Waals surface area contributed by atoms with Crippen molar-refractivity contribution in [2.45, 2.75) is 52.7 Å². The first kappa shape index (κ1) is 16.7. The molecule has 0 fully saturated rings. The summed E-state index contributed by atoms with van der Waals surface area (Å²) in [6.45, 7) is 10.5. The summed E-state index contributed by atoms with van der Waals surface area (Å²) >= 11 is 0. The molecule has 18 heavy (non-hydrogen) atoms. The van der Waals surface area contributed by atoms with Crippen LogP contribution in [0.1, 0.15) is 41.5 Å². The van der Waals surface area contributed by atoms with E-state index in [-0.39, 0.29) is 13.1 Å². The number of nitrogens with zero attached hydrogens (tertiary/aromatic N) is 1. The van der Waals surface area contributed by atoms with E-state index in [1.165, 1.54) is 0 Å². The lowest BCUT2D eigenvalue weighted by Gasteiger charge is -2.28. The standard InChI is InChI=1S/C12H24N2O4/c1-11(2,3)17-9(15)14(8-7-13)10(16)18-12(4,5)6/h7-8,13H2,1-6H3. The average molecular weight is 260 g/mol. The largest absolute Gasteiger partial charge is 0.443 e. The fourth-order valence-corrected chi connectivity index (χ4v) is 1.02. The second kappa shape index (κ2) is 6.04. The summed E-state index contributed by atoms with van der Waals surface area (Å²) in [5.41, 5.74) is 4.03. The topological polar surface area (TPSA) is 81.9 Å². The number of carbonyl (C=O) groups is 2. The fourth-order valence-electron chi connectivity index (χ4n) is 1.02. The van der Waals surface area contributed by atoms with Crippen molar-refractivity contribution >= 4 is 12.2 Å². The minimum atomic E-state index is -0.748. The lowest BCUT2D eigenvalue weighted by Crippen LogP contribution is -2.45. The van der Waals surface area contributed by atoms with Gasteiger partial charge in [-0.1, -0.05) is 0 Å². The van der Waals surface area contributed by atoms with Crippen molar-refractivity contribution in [3.8, 4) is 0 Å². The maximum absolute atomic E-state index is 11.8. The Balaban J connectivity index is 4.75. The molecule has 0 heterocycles. The van der Waals surface area contributed by atoms with E-state index in [4.69, 9.17) is 15.2 Å². The molecule has 0 bridgehead atoms. The highest BCUT2D eigenvalue weighted by atomic mass is 16.6. The highest BCUT2D eigenvalue weighted by Crippen LogP contribution is 2.14. The molecular formula is C12H24N2O4. The normalized spacial score (nSPS) is 11.9. The van der Waals surface area contributed by atoms with Crippen LogP contribution in [0.15, 0.2) is 0 Å². The molecule has 0 aromatic carbocycles. The summed E-state index contributed by atoms with van der Waals surface area (Å²) in [4.78, 5) is 24.5. The van der Waals surface area contributed by atoms with Crippen molar-refractivity contribution in [2.75, 3.05) is 13.1 Å². The zero-order chi connectivity index (χ0) is 14.6. The number of imide groups is 1. The van der Waals surface area contributed by atoms with Crippen LogP contribution >= 0.6 is 0 Å². The van der Waals surface area contributed by atoms with Crippen LogP contribution in [-0.2, 0) is 9.47 Å². The summed E-state index contributed by atoms with van der Waals surface area (Å²) in [6, 6.07) is 0. The molecule has 0 saturated heterocycles. The van der Waals surface area contributed by atoms with E-state index in [2.05, 4.69) is 0 Å². The van der Waals surface area contributed by atoms with Gasteiger partial charge in [-0.05, 0) is 41.5 Å². The van der Waals surface area contributed by atoms with Gasteiger partial charge in [0.2, 0.25) is 0 Å². The molecule has 106 valence electrons. The Bertz CT molecular complexity index is 274. The van der Waals surface area contributed by atoms with E-state index in [9.17, 15) is 9.59 Å². The summed E-state index contributed by atoms with van der Waals surface area (Å²) in [5, 5.41) is 0. The van der Waals surface area contributed by atoms with E-state index >= 15 is 0 Å². The third kappa shape index (κ3) is 7.11. The Morgan fingerprint density at radius 3 is 1.50 bits per heavy atom. The lowest BCUT2D eigenvalue weighted by atomic mass is 10.2. The van der Waals surface area contributed by atoms with Crippen LogP contribution in [0.5, 0.6) is 0 Å². The summed E-state index contributed by atoms with van der Waals surface area (Å²) in [7, 11) is 0. The van der Waals surface area contributed by atoms with Crippen LogP contribution in [0.25, 0.3) is 0 Å².